The Morgan fingerprint density at radius 1 is 0.174 bits per heavy atom. The highest BCUT2D eigenvalue weighted by atomic mass is 14.9. The van der Waals surface area contributed by atoms with Crippen molar-refractivity contribution < 1.29 is 0 Å². The smallest absolute Gasteiger partial charge is 0.0626 e. The summed E-state index contributed by atoms with van der Waals surface area (Å²) >= 11 is 0. The highest BCUT2D eigenvalue weighted by Gasteiger charge is 2.26. The Kier molecular flexibility index (Phi) is 9.21. The summed E-state index contributed by atoms with van der Waals surface area (Å²) in [6.45, 7) is 0. The highest BCUT2D eigenvalue weighted by Crippen LogP contribution is 2.52. The Hall–Kier alpha value is -11.3. The summed E-state index contributed by atoms with van der Waals surface area (Å²) in [5.74, 6) is 0. The molecule has 0 saturated carbocycles. The van der Waals surface area contributed by atoms with Gasteiger partial charge in [0.1, 0.15) is 0 Å². The maximum atomic E-state index is 2.56. The van der Waals surface area contributed by atoms with Gasteiger partial charge in [-0.15, -0.1) is 0 Å². The molecule has 20 aromatic rings. The van der Waals surface area contributed by atoms with Crippen molar-refractivity contribution in [3.8, 4) is 55.6 Å². The van der Waals surface area contributed by atoms with Crippen LogP contribution < -0.4 is 0 Å². The van der Waals surface area contributed by atoms with Crippen molar-refractivity contribution in [1.29, 1.82) is 0 Å². The van der Waals surface area contributed by atoms with Gasteiger partial charge in [-0.05, 0) is 151 Å². The van der Waals surface area contributed by atoms with Gasteiger partial charge in [0.2, 0.25) is 0 Å². The molecule has 0 unspecified atom stereocenters. The molecule has 4 heterocycles. The lowest BCUT2D eigenvalue weighted by Crippen LogP contribution is -1.93. The summed E-state index contributed by atoms with van der Waals surface area (Å²) in [5, 5.41) is 25.3. The standard InChI is InChI=1S/C84H48N2/c1-2-19-50-46-51(37-36-49(50)18-1)78-60-23-5-7-25-62(60)79(63-26-8-6-24-61(63)78)53-39-41-59-72-45-44-69(82-73-31-14-16-35-75(73)86(84(72)82)77(59)48-53)56-42-43-68(55-21-4-3-20-54(55)56)81-66-29-11-9-27-64(66)80(65-28-10-12-30-67(65)81)52-38-40-58-71-33-17-32-70-57-22-13-15-34-74(57)85(83(70)71)76(58)47-52/h1-48H. The van der Waals surface area contributed by atoms with E-state index in [0.717, 1.165) is 0 Å². The zero-order valence-corrected chi connectivity index (χ0v) is 46.6. The van der Waals surface area contributed by atoms with Gasteiger partial charge in [0.05, 0.1) is 33.1 Å². The van der Waals surface area contributed by atoms with Crippen LogP contribution in [0.3, 0.4) is 0 Å². The molecule has 2 nitrogen and oxygen atoms in total. The lowest BCUT2D eigenvalue weighted by molar-refractivity contribution is 1.37. The average Bonchev–Trinajstić information content (AvgIpc) is 1.60. The SMILES string of the molecule is c1ccc2cc(-c3c4ccccc4c(-c4ccc5c6ccc(-c7ccc(-c8c9ccccc9c(-c9ccc%10c%11cccc%12c%13ccccc%13n(c%10c9)c%12%11)c9ccccc89)c8ccccc78)c7c8ccccc8n(c5c4)c67)c4ccccc34)ccc2c1. The zero-order chi connectivity index (χ0) is 55.9. The van der Waals surface area contributed by atoms with E-state index in [1.165, 1.54) is 196 Å². The van der Waals surface area contributed by atoms with E-state index in [1.807, 2.05) is 0 Å². The third-order valence-electron chi connectivity index (χ3n) is 19.5. The van der Waals surface area contributed by atoms with E-state index in [1.54, 1.807) is 0 Å². The predicted molar refractivity (Wildman–Crippen MR) is 368 cm³/mol. The first kappa shape index (κ1) is 46.2. The number of rotatable bonds is 5. The number of hydrogen-bond donors (Lipinski definition) is 0. The minimum Gasteiger partial charge on any atom is -0.308 e. The Labute approximate surface area is 493 Å². The van der Waals surface area contributed by atoms with Crippen molar-refractivity contribution >= 4 is 141 Å². The van der Waals surface area contributed by atoms with Crippen molar-refractivity contribution in [3.05, 3.63) is 291 Å². The molecule has 0 aliphatic heterocycles. The molecule has 0 radical (unpaired) electrons. The molecule has 86 heavy (non-hydrogen) atoms. The number of aromatic nitrogens is 2. The normalized spacial score (nSPS) is 12.4. The van der Waals surface area contributed by atoms with Crippen molar-refractivity contribution in [3.63, 3.8) is 0 Å². The second kappa shape index (κ2) is 17.1. The van der Waals surface area contributed by atoms with Gasteiger partial charge >= 0.3 is 0 Å². The molecule has 0 spiro atoms. The van der Waals surface area contributed by atoms with E-state index in [2.05, 4.69) is 300 Å². The van der Waals surface area contributed by atoms with E-state index in [-0.39, 0.29) is 0 Å². The van der Waals surface area contributed by atoms with Crippen LogP contribution >= 0.6 is 0 Å². The molecule has 394 valence electrons. The lowest BCUT2D eigenvalue weighted by atomic mass is 9.83. The number of fused-ring (bicyclic) bond motifs is 18. The van der Waals surface area contributed by atoms with Gasteiger partial charge in [0.25, 0.3) is 0 Å². The third kappa shape index (κ3) is 6.09. The van der Waals surface area contributed by atoms with Crippen LogP contribution in [0, 0.1) is 0 Å². The molecular formula is C84H48N2. The second-order valence-electron chi connectivity index (χ2n) is 23.7. The number of nitrogens with zero attached hydrogens (tertiary/aromatic N) is 2. The Bertz CT molecular complexity index is 6210. The molecule has 20 rings (SSSR count). The lowest BCUT2D eigenvalue weighted by Gasteiger charge is -2.20. The van der Waals surface area contributed by atoms with E-state index in [4.69, 9.17) is 0 Å². The molecule has 0 saturated heterocycles. The second-order valence-corrected chi connectivity index (χ2v) is 23.7. The first-order valence-corrected chi connectivity index (χ1v) is 30.0. The van der Waals surface area contributed by atoms with Crippen molar-refractivity contribution in [2.24, 2.45) is 0 Å². The molecule has 0 aliphatic rings. The Balaban J connectivity index is 0.779. The number of hydrogen-bond acceptors (Lipinski definition) is 0. The maximum absolute atomic E-state index is 2.56. The van der Waals surface area contributed by atoms with Crippen molar-refractivity contribution in [2.75, 3.05) is 0 Å². The van der Waals surface area contributed by atoms with Gasteiger partial charge < -0.3 is 8.80 Å². The van der Waals surface area contributed by atoms with Crippen LogP contribution in [0.15, 0.2) is 291 Å². The van der Waals surface area contributed by atoms with Crippen LogP contribution in [0.5, 0.6) is 0 Å². The topological polar surface area (TPSA) is 8.82 Å². The number of para-hydroxylation sites is 3. The average molecular weight is 1090 g/mol. The highest BCUT2D eigenvalue weighted by molar-refractivity contribution is 6.31. The van der Waals surface area contributed by atoms with E-state index in [9.17, 15) is 0 Å². The fourth-order valence-corrected chi connectivity index (χ4v) is 16.1. The molecule has 0 fully saturated rings. The first-order valence-electron chi connectivity index (χ1n) is 30.0. The molecule has 0 amide bonds. The summed E-state index contributed by atoms with van der Waals surface area (Å²) in [6, 6.07) is 110. The molecule has 2 heteroatoms. The molecule has 0 aliphatic carbocycles. The molecule has 0 atom stereocenters. The van der Waals surface area contributed by atoms with Gasteiger partial charge in [0.15, 0.2) is 0 Å². The zero-order valence-electron chi connectivity index (χ0n) is 46.6. The Morgan fingerprint density at radius 2 is 0.523 bits per heavy atom. The molecule has 0 bridgehead atoms. The van der Waals surface area contributed by atoms with Crippen molar-refractivity contribution in [2.45, 2.75) is 0 Å². The van der Waals surface area contributed by atoms with E-state index in [0.29, 0.717) is 0 Å². The molecule has 0 N–H and O–H groups in total. The van der Waals surface area contributed by atoms with Crippen LogP contribution in [0.25, 0.3) is 196 Å². The van der Waals surface area contributed by atoms with Crippen molar-refractivity contribution in [1.82, 2.24) is 8.80 Å². The number of benzene rings is 16. The predicted octanol–water partition coefficient (Wildman–Crippen LogP) is 23.2. The van der Waals surface area contributed by atoms with Gasteiger partial charge in [-0.2, -0.15) is 0 Å². The van der Waals surface area contributed by atoms with E-state index < -0.39 is 0 Å². The quantitative estimate of drug-likeness (QED) is 0.152. The van der Waals surface area contributed by atoms with Gasteiger partial charge in [-0.25, -0.2) is 0 Å². The fraction of sp³-hybridized carbons (Fsp3) is 0. The summed E-state index contributed by atoms with van der Waals surface area (Å²) in [4.78, 5) is 0. The minimum atomic E-state index is 1.21. The minimum absolute atomic E-state index is 1.21. The monoisotopic (exact) mass is 1080 g/mol. The van der Waals surface area contributed by atoms with E-state index >= 15 is 0 Å². The largest absolute Gasteiger partial charge is 0.308 e. The van der Waals surface area contributed by atoms with Crippen LogP contribution in [0.4, 0.5) is 0 Å². The Morgan fingerprint density at radius 3 is 1.08 bits per heavy atom. The molecule has 4 aromatic heterocycles. The van der Waals surface area contributed by atoms with Gasteiger partial charge in [0, 0.05) is 43.1 Å². The summed E-state index contributed by atoms with van der Waals surface area (Å²) in [6.07, 6.45) is 0. The molecular weight excluding hydrogens is 1040 g/mol. The van der Waals surface area contributed by atoms with Crippen LogP contribution in [0.1, 0.15) is 0 Å². The van der Waals surface area contributed by atoms with Gasteiger partial charge in [-0.3, -0.25) is 0 Å². The van der Waals surface area contributed by atoms with Gasteiger partial charge in [-0.1, -0.05) is 261 Å². The summed E-state index contributed by atoms with van der Waals surface area (Å²) in [7, 11) is 0. The molecule has 16 aromatic carbocycles. The van der Waals surface area contributed by atoms with Crippen LogP contribution in [0.2, 0.25) is 0 Å². The summed E-state index contributed by atoms with van der Waals surface area (Å²) in [5.41, 5.74) is 19.9. The maximum Gasteiger partial charge on any atom is 0.0626 e. The third-order valence-corrected chi connectivity index (χ3v) is 19.5. The van der Waals surface area contributed by atoms with Crippen LogP contribution in [-0.2, 0) is 0 Å². The summed E-state index contributed by atoms with van der Waals surface area (Å²) < 4.78 is 5.06. The fourth-order valence-electron chi connectivity index (χ4n) is 16.1. The van der Waals surface area contributed by atoms with Crippen LogP contribution in [-0.4, -0.2) is 8.80 Å². The first-order chi connectivity index (χ1) is 42.7.